The van der Waals surface area contributed by atoms with Crippen molar-refractivity contribution in [2.75, 3.05) is 11.1 Å². The Morgan fingerprint density at radius 1 is 1.33 bits per heavy atom. The van der Waals surface area contributed by atoms with Crippen LogP contribution in [0.25, 0.3) is 11.4 Å². The van der Waals surface area contributed by atoms with E-state index in [0.717, 1.165) is 39.2 Å². The SMILES string of the molecule is Cc1cc(SC#N)ccc1NC(=O)CSc1nnc(-c2ccoc2C)n1C. The third kappa shape index (κ3) is 4.35. The Morgan fingerprint density at radius 2 is 2.15 bits per heavy atom. The molecule has 3 aromatic rings. The molecule has 0 unspecified atom stereocenters. The minimum Gasteiger partial charge on any atom is -0.469 e. The minimum absolute atomic E-state index is 0.132. The number of carbonyl (C=O) groups excluding carboxylic acids is 1. The van der Waals surface area contributed by atoms with Crippen LogP contribution >= 0.6 is 23.5 Å². The predicted molar refractivity (Wildman–Crippen MR) is 105 cm³/mol. The number of thiocyanates is 1. The van der Waals surface area contributed by atoms with E-state index in [1.54, 1.807) is 12.3 Å². The molecule has 0 spiro atoms. The van der Waals surface area contributed by atoms with Gasteiger partial charge in [-0.25, -0.2) is 0 Å². The summed E-state index contributed by atoms with van der Waals surface area (Å²) in [6.45, 7) is 3.76. The maximum Gasteiger partial charge on any atom is 0.234 e. The van der Waals surface area contributed by atoms with Crippen molar-refractivity contribution in [3.63, 3.8) is 0 Å². The van der Waals surface area contributed by atoms with E-state index in [4.69, 9.17) is 9.68 Å². The zero-order valence-electron chi connectivity index (χ0n) is 15.0. The second kappa shape index (κ2) is 8.33. The van der Waals surface area contributed by atoms with Gasteiger partial charge in [0.15, 0.2) is 11.0 Å². The highest BCUT2D eigenvalue weighted by Crippen LogP contribution is 2.26. The van der Waals surface area contributed by atoms with E-state index >= 15 is 0 Å². The molecule has 138 valence electrons. The molecule has 2 aromatic heterocycles. The number of nitrogens with one attached hydrogen (secondary N) is 1. The molecule has 1 amide bonds. The molecule has 27 heavy (non-hydrogen) atoms. The maximum absolute atomic E-state index is 12.3. The number of hydrogen-bond donors (Lipinski definition) is 1. The van der Waals surface area contributed by atoms with Gasteiger partial charge in [-0.2, -0.15) is 5.26 Å². The number of amides is 1. The highest BCUT2D eigenvalue weighted by Gasteiger charge is 2.16. The number of aryl methyl sites for hydroxylation is 2. The molecule has 0 fully saturated rings. The van der Waals surface area contributed by atoms with E-state index in [1.165, 1.54) is 11.8 Å². The summed E-state index contributed by atoms with van der Waals surface area (Å²) in [5.74, 6) is 1.55. The first kappa shape index (κ1) is 19.1. The van der Waals surface area contributed by atoms with Crippen LogP contribution in [0.1, 0.15) is 11.3 Å². The predicted octanol–water partition coefficient (Wildman–Crippen LogP) is 4.00. The van der Waals surface area contributed by atoms with Gasteiger partial charge in [0.05, 0.1) is 17.6 Å². The van der Waals surface area contributed by atoms with Crippen LogP contribution < -0.4 is 5.32 Å². The van der Waals surface area contributed by atoms with Crippen LogP contribution in [-0.4, -0.2) is 26.4 Å². The Bertz CT molecular complexity index is 1020. The largest absolute Gasteiger partial charge is 0.469 e. The number of anilines is 1. The fourth-order valence-corrected chi connectivity index (χ4v) is 3.69. The fraction of sp³-hybridized carbons (Fsp3) is 0.222. The van der Waals surface area contributed by atoms with Crippen molar-refractivity contribution in [1.82, 2.24) is 14.8 Å². The number of hydrogen-bond acceptors (Lipinski definition) is 7. The van der Waals surface area contributed by atoms with Gasteiger partial charge in [-0.1, -0.05) is 11.8 Å². The molecule has 0 aliphatic heterocycles. The van der Waals surface area contributed by atoms with Crippen molar-refractivity contribution in [1.29, 1.82) is 5.26 Å². The van der Waals surface area contributed by atoms with E-state index in [2.05, 4.69) is 15.5 Å². The Kier molecular flexibility index (Phi) is 5.88. The lowest BCUT2D eigenvalue weighted by molar-refractivity contribution is -0.113. The van der Waals surface area contributed by atoms with Gasteiger partial charge in [-0.15, -0.1) is 10.2 Å². The number of aromatic nitrogens is 3. The first-order chi connectivity index (χ1) is 13.0. The molecule has 0 aliphatic carbocycles. The lowest BCUT2D eigenvalue weighted by Gasteiger charge is -2.09. The molecule has 7 nitrogen and oxygen atoms in total. The van der Waals surface area contributed by atoms with Crippen molar-refractivity contribution in [3.05, 3.63) is 41.9 Å². The molecule has 2 heterocycles. The van der Waals surface area contributed by atoms with Gasteiger partial charge in [0.25, 0.3) is 0 Å². The number of carbonyl (C=O) groups is 1. The van der Waals surface area contributed by atoms with Crippen LogP contribution in [0, 0.1) is 24.5 Å². The van der Waals surface area contributed by atoms with E-state index in [0.29, 0.717) is 11.0 Å². The van der Waals surface area contributed by atoms with Crippen LogP contribution in [0.2, 0.25) is 0 Å². The monoisotopic (exact) mass is 399 g/mol. The zero-order valence-corrected chi connectivity index (χ0v) is 16.6. The molecule has 0 bridgehead atoms. The Morgan fingerprint density at radius 3 is 2.81 bits per heavy atom. The molecule has 0 saturated heterocycles. The van der Waals surface area contributed by atoms with Crippen molar-refractivity contribution >= 4 is 35.1 Å². The summed E-state index contributed by atoms with van der Waals surface area (Å²) in [5.41, 5.74) is 2.52. The summed E-state index contributed by atoms with van der Waals surface area (Å²) >= 11 is 2.41. The normalized spacial score (nSPS) is 10.6. The van der Waals surface area contributed by atoms with Gasteiger partial charge < -0.3 is 14.3 Å². The summed E-state index contributed by atoms with van der Waals surface area (Å²) in [4.78, 5) is 13.1. The first-order valence-electron chi connectivity index (χ1n) is 8.02. The van der Waals surface area contributed by atoms with Crippen molar-refractivity contribution in [2.45, 2.75) is 23.9 Å². The van der Waals surface area contributed by atoms with Crippen molar-refractivity contribution in [3.8, 4) is 16.8 Å². The van der Waals surface area contributed by atoms with Crippen molar-refractivity contribution < 1.29 is 9.21 Å². The number of thioether (sulfide) groups is 2. The van der Waals surface area contributed by atoms with Crippen molar-refractivity contribution in [2.24, 2.45) is 7.05 Å². The van der Waals surface area contributed by atoms with Crippen LogP contribution in [0.3, 0.4) is 0 Å². The highest BCUT2D eigenvalue weighted by molar-refractivity contribution is 8.03. The average molecular weight is 400 g/mol. The molecular formula is C18H17N5O2S2. The molecule has 1 N–H and O–H groups in total. The summed E-state index contributed by atoms with van der Waals surface area (Å²) in [5, 5.41) is 22.7. The molecule has 0 radical (unpaired) electrons. The van der Waals surface area contributed by atoms with Gasteiger partial charge in [0.1, 0.15) is 11.2 Å². The third-order valence-corrected chi connectivity index (χ3v) is 5.50. The first-order valence-corrected chi connectivity index (χ1v) is 9.83. The van der Waals surface area contributed by atoms with Gasteiger partial charge in [-0.3, -0.25) is 4.79 Å². The molecular weight excluding hydrogens is 382 g/mol. The average Bonchev–Trinajstić information content (AvgIpc) is 3.21. The van der Waals surface area contributed by atoms with Crippen LogP contribution in [0.5, 0.6) is 0 Å². The quantitative estimate of drug-likeness (QED) is 0.494. The number of nitrogens with zero attached hydrogens (tertiary/aromatic N) is 4. The van der Waals surface area contributed by atoms with Gasteiger partial charge >= 0.3 is 0 Å². The second-order valence-corrected chi connectivity index (χ2v) is 7.56. The van der Waals surface area contributed by atoms with E-state index in [-0.39, 0.29) is 11.7 Å². The molecule has 1 aromatic carbocycles. The highest BCUT2D eigenvalue weighted by atomic mass is 32.2. The van der Waals surface area contributed by atoms with Gasteiger partial charge in [0, 0.05) is 17.6 Å². The fourth-order valence-electron chi connectivity index (χ4n) is 2.50. The van der Waals surface area contributed by atoms with Crippen LogP contribution in [0.15, 0.2) is 45.0 Å². The summed E-state index contributed by atoms with van der Waals surface area (Å²) < 4.78 is 7.15. The molecule has 0 aliphatic rings. The third-order valence-electron chi connectivity index (χ3n) is 3.90. The van der Waals surface area contributed by atoms with E-state index in [9.17, 15) is 4.79 Å². The number of benzene rings is 1. The summed E-state index contributed by atoms with van der Waals surface area (Å²) in [6, 6.07) is 7.34. The number of nitriles is 1. The molecule has 9 heteroatoms. The van der Waals surface area contributed by atoms with Crippen LogP contribution in [0.4, 0.5) is 5.69 Å². The molecule has 0 saturated carbocycles. The topological polar surface area (TPSA) is 96.7 Å². The maximum atomic E-state index is 12.3. The summed E-state index contributed by atoms with van der Waals surface area (Å²) in [6.07, 6.45) is 1.61. The molecule has 3 rings (SSSR count). The standard InChI is InChI=1S/C18H17N5O2S2/c1-11-8-13(27-10-19)4-5-15(11)20-16(24)9-26-18-22-21-17(23(18)3)14-6-7-25-12(14)2/h4-8H,9H2,1-3H3,(H,20,24). The van der Waals surface area contributed by atoms with Crippen LogP contribution in [-0.2, 0) is 11.8 Å². The Balaban J connectivity index is 1.63. The Labute approximate surface area is 165 Å². The minimum atomic E-state index is -0.132. The zero-order chi connectivity index (χ0) is 19.4. The number of rotatable bonds is 6. The lowest BCUT2D eigenvalue weighted by atomic mass is 10.2. The van der Waals surface area contributed by atoms with E-state index < -0.39 is 0 Å². The van der Waals surface area contributed by atoms with E-state index in [1.807, 2.05) is 49.1 Å². The number of furan rings is 1. The second-order valence-electron chi connectivity index (χ2n) is 5.76. The lowest BCUT2D eigenvalue weighted by Crippen LogP contribution is -2.15. The molecule has 0 atom stereocenters. The van der Waals surface area contributed by atoms with Gasteiger partial charge in [-0.05, 0) is 55.4 Å². The Hall–Kier alpha value is -2.70. The summed E-state index contributed by atoms with van der Waals surface area (Å²) in [7, 11) is 1.86. The van der Waals surface area contributed by atoms with Gasteiger partial charge in [0.2, 0.25) is 5.91 Å². The smallest absolute Gasteiger partial charge is 0.234 e.